The van der Waals surface area contributed by atoms with Gasteiger partial charge in [-0.2, -0.15) is 0 Å². The minimum Gasteiger partial charge on any atom is -0.449 e. The molecule has 0 bridgehead atoms. The number of amides is 2. The van der Waals surface area contributed by atoms with Crippen molar-refractivity contribution >= 4 is 30.5 Å². The first-order chi connectivity index (χ1) is 19.5. The fourth-order valence-electron chi connectivity index (χ4n) is 5.85. The zero-order valence-electron chi connectivity index (χ0n) is 24.5. The summed E-state index contributed by atoms with van der Waals surface area (Å²) in [6.45, 7) is 12.9. The van der Waals surface area contributed by atoms with Crippen molar-refractivity contribution in [1.82, 2.24) is 10.2 Å². The van der Waals surface area contributed by atoms with Crippen molar-refractivity contribution in [2.45, 2.75) is 57.6 Å². The molecule has 1 heterocycles. The molecular weight excluding hydrogens is 534 g/mol. The summed E-state index contributed by atoms with van der Waals surface area (Å²) in [6.07, 6.45) is -0.721. The van der Waals surface area contributed by atoms with Crippen LogP contribution in [0.25, 0.3) is 11.1 Å². The van der Waals surface area contributed by atoms with Crippen molar-refractivity contribution in [3.05, 3.63) is 82.4 Å². The Morgan fingerprint density at radius 2 is 1.51 bits per heavy atom. The van der Waals surface area contributed by atoms with Crippen LogP contribution in [0.5, 0.6) is 0 Å². The number of nitrogens with one attached hydrogen (secondary N) is 1. The number of carbonyl (C=O) groups is 2. The Bertz CT molecular complexity index is 1410. The van der Waals surface area contributed by atoms with E-state index in [0.29, 0.717) is 32.7 Å². The number of rotatable bonds is 5. The third-order valence-electron chi connectivity index (χ3n) is 7.90. The molecule has 216 valence electrons. The van der Waals surface area contributed by atoms with Crippen LogP contribution in [0.2, 0.25) is 0 Å². The number of hydrogen-bond donors (Lipinski definition) is 2. The normalized spacial score (nSPS) is 14.9. The highest BCUT2D eigenvalue weighted by molar-refractivity contribution is 7.80. The lowest BCUT2D eigenvalue weighted by molar-refractivity contribution is 0.0240. The summed E-state index contributed by atoms with van der Waals surface area (Å²) in [7, 11) is 0. The number of anilines is 1. The molecule has 3 aromatic rings. The summed E-state index contributed by atoms with van der Waals surface area (Å²) >= 11 is 4.74. The molecule has 0 unspecified atom stereocenters. The van der Waals surface area contributed by atoms with Crippen molar-refractivity contribution < 1.29 is 19.1 Å². The number of alkyl carbamates (subject to hydrolysis) is 1. The van der Waals surface area contributed by atoms with Crippen molar-refractivity contribution in [1.29, 1.82) is 0 Å². The zero-order chi connectivity index (χ0) is 29.3. The van der Waals surface area contributed by atoms with Gasteiger partial charge in [-0.3, -0.25) is 0 Å². The van der Waals surface area contributed by atoms with E-state index < -0.39 is 11.7 Å². The summed E-state index contributed by atoms with van der Waals surface area (Å²) in [5.41, 5.74) is 8.52. The van der Waals surface area contributed by atoms with Gasteiger partial charge in [-0.25, -0.2) is 9.59 Å². The van der Waals surface area contributed by atoms with Gasteiger partial charge < -0.3 is 24.6 Å². The number of piperazine rings is 1. The highest BCUT2D eigenvalue weighted by atomic mass is 32.1. The summed E-state index contributed by atoms with van der Waals surface area (Å²) in [5, 5.41) is 2.95. The Hall–Kier alpha value is -3.65. The number of carbonyl (C=O) groups excluding carboxylic acids is 2. The maximum absolute atomic E-state index is 12.8. The molecule has 0 radical (unpaired) electrons. The lowest BCUT2D eigenvalue weighted by atomic mass is 9.98. The molecule has 1 saturated heterocycles. The van der Waals surface area contributed by atoms with Gasteiger partial charge in [0.15, 0.2) is 0 Å². The van der Waals surface area contributed by atoms with Crippen LogP contribution in [0.3, 0.4) is 0 Å². The molecule has 0 saturated carbocycles. The second-order valence-corrected chi connectivity index (χ2v) is 12.3. The maximum Gasteiger partial charge on any atom is 0.410 e. The average Bonchev–Trinajstić information content (AvgIpc) is 3.26. The van der Waals surface area contributed by atoms with Crippen LogP contribution < -0.4 is 10.2 Å². The molecule has 2 amide bonds. The predicted molar refractivity (Wildman–Crippen MR) is 165 cm³/mol. The van der Waals surface area contributed by atoms with Gasteiger partial charge in [-0.1, -0.05) is 48.5 Å². The molecule has 5 rings (SSSR count). The highest BCUT2D eigenvalue weighted by Gasteiger charge is 2.30. The molecule has 1 fully saturated rings. The van der Waals surface area contributed by atoms with E-state index in [1.54, 1.807) is 4.90 Å². The second-order valence-electron chi connectivity index (χ2n) is 11.8. The van der Waals surface area contributed by atoms with Gasteiger partial charge in [0.05, 0.1) is 0 Å². The van der Waals surface area contributed by atoms with E-state index in [0.717, 1.165) is 27.3 Å². The van der Waals surface area contributed by atoms with Crippen LogP contribution in [0.15, 0.2) is 59.5 Å². The van der Waals surface area contributed by atoms with E-state index in [4.69, 9.17) is 22.1 Å². The third kappa shape index (κ3) is 6.17. The minimum absolute atomic E-state index is 0.0178. The summed E-state index contributed by atoms with van der Waals surface area (Å²) in [4.78, 5) is 30.3. The van der Waals surface area contributed by atoms with E-state index in [-0.39, 0.29) is 18.6 Å². The molecular formula is C33H39N3O4S. The molecule has 0 spiro atoms. The Morgan fingerprint density at radius 1 is 0.927 bits per heavy atom. The molecule has 8 heteroatoms. The first kappa shape index (κ1) is 28.9. The average molecular weight is 574 g/mol. The minimum atomic E-state index is -0.517. The largest absolute Gasteiger partial charge is 0.449 e. The first-order valence-electron chi connectivity index (χ1n) is 14.2. The van der Waals surface area contributed by atoms with Gasteiger partial charge in [0.25, 0.3) is 0 Å². The van der Waals surface area contributed by atoms with Crippen LogP contribution >= 0.6 is 12.6 Å². The fraction of sp³-hybridized carbons (Fsp3) is 0.394. The number of nitrogens with zero attached hydrogens (tertiary/aromatic N) is 2. The van der Waals surface area contributed by atoms with Crippen molar-refractivity contribution in [2.75, 3.05) is 37.7 Å². The first-order valence-corrected chi connectivity index (χ1v) is 14.6. The van der Waals surface area contributed by atoms with E-state index in [1.807, 2.05) is 51.1 Å². The van der Waals surface area contributed by atoms with E-state index in [2.05, 4.69) is 48.3 Å². The lowest BCUT2D eigenvalue weighted by Gasteiger charge is -2.38. The van der Waals surface area contributed by atoms with Crippen molar-refractivity contribution in [3.63, 3.8) is 0 Å². The molecule has 7 nitrogen and oxygen atoms in total. The van der Waals surface area contributed by atoms with Crippen LogP contribution in [0, 0.1) is 13.8 Å². The summed E-state index contributed by atoms with van der Waals surface area (Å²) in [6, 6.07) is 18.6. The number of ether oxygens (including phenoxy) is 2. The van der Waals surface area contributed by atoms with E-state index >= 15 is 0 Å². The summed E-state index contributed by atoms with van der Waals surface area (Å²) in [5.74, 6) is 0.0178. The smallest absolute Gasteiger partial charge is 0.410 e. The highest BCUT2D eigenvalue weighted by Crippen LogP contribution is 2.44. The van der Waals surface area contributed by atoms with Gasteiger partial charge in [0, 0.05) is 49.2 Å². The molecule has 1 N–H and O–H groups in total. The van der Waals surface area contributed by atoms with Crippen LogP contribution in [0.1, 0.15) is 54.5 Å². The number of fused-ring (bicyclic) bond motifs is 3. The van der Waals surface area contributed by atoms with Crippen molar-refractivity contribution in [3.8, 4) is 11.1 Å². The predicted octanol–water partition coefficient (Wildman–Crippen LogP) is 6.69. The Balaban J connectivity index is 1.22. The number of thiol groups is 1. The molecule has 0 aromatic heterocycles. The Kier molecular flexibility index (Phi) is 8.23. The molecule has 41 heavy (non-hydrogen) atoms. The fourth-order valence-corrected chi connectivity index (χ4v) is 6.11. The molecule has 0 atom stereocenters. The van der Waals surface area contributed by atoms with E-state index in [9.17, 15) is 9.59 Å². The molecule has 3 aromatic carbocycles. The zero-order valence-corrected chi connectivity index (χ0v) is 25.4. The number of hydrogen-bond acceptors (Lipinski definition) is 6. The second kappa shape index (κ2) is 11.7. The quantitative estimate of drug-likeness (QED) is 0.333. The van der Waals surface area contributed by atoms with Crippen LogP contribution in [-0.4, -0.2) is 55.5 Å². The Labute approximate surface area is 248 Å². The topological polar surface area (TPSA) is 71.1 Å². The van der Waals surface area contributed by atoms with E-state index in [1.165, 1.54) is 22.3 Å². The van der Waals surface area contributed by atoms with Gasteiger partial charge in [0.2, 0.25) is 0 Å². The third-order valence-corrected chi connectivity index (χ3v) is 8.37. The lowest BCUT2D eigenvalue weighted by Crippen LogP contribution is -2.50. The van der Waals surface area contributed by atoms with Gasteiger partial charge >= 0.3 is 12.2 Å². The monoisotopic (exact) mass is 573 g/mol. The van der Waals surface area contributed by atoms with Gasteiger partial charge in [0.1, 0.15) is 12.2 Å². The number of benzene rings is 3. The molecule has 1 aliphatic heterocycles. The molecule has 2 aliphatic rings. The SMILES string of the molecule is Cc1c(S)cc(CNC(=O)OCC2c3ccccc3-c3ccccc32)c(C)c1N1CCN(C(=O)OC(C)(C)C)CC1. The maximum atomic E-state index is 12.8. The summed E-state index contributed by atoms with van der Waals surface area (Å²) < 4.78 is 11.3. The van der Waals surface area contributed by atoms with Gasteiger partial charge in [-0.05, 0) is 79.6 Å². The molecule has 1 aliphatic carbocycles. The standard InChI is InChI=1S/C33H39N3O4S/c1-21-23(18-29(41)22(2)30(21)35-14-16-36(17-15-35)32(38)40-33(3,4)5)19-34-31(37)39-20-28-26-12-8-6-10-24(26)25-11-7-9-13-27(25)28/h6-13,18,28,41H,14-17,19-20H2,1-5H3,(H,34,37). The van der Waals surface area contributed by atoms with Crippen LogP contribution in [-0.2, 0) is 16.0 Å². The van der Waals surface area contributed by atoms with Crippen molar-refractivity contribution in [2.24, 2.45) is 0 Å². The van der Waals surface area contributed by atoms with Gasteiger partial charge in [-0.15, -0.1) is 12.6 Å². The van der Waals surface area contributed by atoms with Crippen LogP contribution in [0.4, 0.5) is 15.3 Å². The Morgan fingerprint density at radius 3 is 2.10 bits per heavy atom.